The summed E-state index contributed by atoms with van der Waals surface area (Å²) in [6.07, 6.45) is -3.89. The van der Waals surface area contributed by atoms with Crippen molar-refractivity contribution in [1.82, 2.24) is 0 Å². The van der Waals surface area contributed by atoms with Crippen LogP contribution in [0.5, 0.6) is 0 Å². The third-order valence-corrected chi connectivity index (χ3v) is 16.8. The minimum atomic E-state index is -3.16. The first-order chi connectivity index (χ1) is 33.1. The molecule has 0 aliphatic heterocycles. The van der Waals surface area contributed by atoms with E-state index in [-0.39, 0.29) is 55.9 Å². The van der Waals surface area contributed by atoms with E-state index in [1.54, 1.807) is 0 Å². The Bertz CT molecular complexity index is 2530. The number of ether oxygens (including phenoxy) is 5. The van der Waals surface area contributed by atoms with E-state index in [1.807, 2.05) is 133 Å². The molecule has 68 heavy (non-hydrogen) atoms. The van der Waals surface area contributed by atoms with Gasteiger partial charge in [-0.1, -0.05) is 203 Å². The van der Waals surface area contributed by atoms with Gasteiger partial charge in [-0.05, 0) is 49.8 Å². The molecule has 0 saturated carbocycles. The molecular weight excluding hydrogens is 871 g/mol. The first kappa shape index (κ1) is 49.3. The van der Waals surface area contributed by atoms with Gasteiger partial charge < -0.3 is 28.1 Å². The lowest BCUT2D eigenvalue weighted by Gasteiger charge is -2.45. The topological polar surface area (TPSA) is 116 Å². The lowest BCUT2D eigenvalue weighted by Crippen LogP contribution is -2.67. The highest BCUT2D eigenvalue weighted by Gasteiger charge is 2.51. The molecule has 7 aromatic rings. The average Bonchev–Trinajstić information content (AvgIpc) is 3.37. The van der Waals surface area contributed by atoms with Gasteiger partial charge in [0.25, 0.3) is 14.0 Å². The fraction of sp³-hybridized carbons (Fsp3) is 0.246. The second kappa shape index (κ2) is 24.4. The highest BCUT2D eigenvalue weighted by Crippen LogP contribution is 2.37. The van der Waals surface area contributed by atoms with E-state index in [2.05, 4.69) is 69.3 Å². The lowest BCUT2D eigenvalue weighted by molar-refractivity contribution is -0.384. The van der Waals surface area contributed by atoms with Crippen molar-refractivity contribution < 1.29 is 37.8 Å². The fourth-order valence-electron chi connectivity index (χ4n) is 8.33. The van der Waals surface area contributed by atoms with Gasteiger partial charge in [-0.3, -0.25) is 10.1 Å². The van der Waals surface area contributed by atoms with Gasteiger partial charge in [-0.25, -0.2) is 4.79 Å². The molecule has 0 saturated heterocycles. The van der Waals surface area contributed by atoms with Crippen LogP contribution in [0, 0.1) is 10.1 Å². The molecule has 0 aliphatic carbocycles. The second-order valence-corrected chi connectivity index (χ2v) is 21.9. The normalized spacial score (nSPS) is 13.5. The molecule has 0 unspecified atom stereocenters. The van der Waals surface area contributed by atoms with E-state index in [9.17, 15) is 14.9 Å². The minimum absolute atomic E-state index is 0.0681. The molecule has 350 valence electrons. The maximum Gasteiger partial charge on any atom is 0.338 e. The van der Waals surface area contributed by atoms with Crippen LogP contribution in [0.25, 0.3) is 0 Å². The zero-order valence-corrected chi connectivity index (χ0v) is 39.8. The van der Waals surface area contributed by atoms with Gasteiger partial charge in [-0.2, -0.15) is 0 Å². The number of benzene rings is 7. The Morgan fingerprint density at radius 1 is 0.500 bits per heavy atom. The van der Waals surface area contributed by atoms with Gasteiger partial charge in [0, 0.05) is 12.1 Å². The van der Waals surface area contributed by atoms with E-state index >= 15 is 0 Å². The number of hydrogen-bond donors (Lipinski definition) is 0. The number of carbonyl (C=O) groups is 1. The molecule has 0 aliphatic rings. The first-order valence-electron chi connectivity index (χ1n) is 22.9. The summed E-state index contributed by atoms with van der Waals surface area (Å²) in [4.78, 5) is 25.4. The van der Waals surface area contributed by atoms with Crippen LogP contribution in [-0.2, 0) is 54.5 Å². The zero-order valence-electron chi connectivity index (χ0n) is 38.8. The van der Waals surface area contributed by atoms with Crippen LogP contribution in [0.1, 0.15) is 53.4 Å². The van der Waals surface area contributed by atoms with E-state index < -0.39 is 43.6 Å². The van der Waals surface area contributed by atoms with Crippen LogP contribution in [-0.4, -0.2) is 56.8 Å². The first-order valence-corrected chi connectivity index (χ1v) is 24.8. The van der Waals surface area contributed by atoms with Crippen LogP contribution in [0.2, 0.25) is 5.04 Å². The van der Waals surface area contributed by atoms with Crippen molar-refractivity contribution in [3.63, 3.8) is 0 Å². The van der Waals surface area contributed by atoms with Crippen LogP contribution in [0.3, 0.4) is 0 Å². The molecule has 0 radical (unpaired) electrons. The number of hydrogen-bond acceptors (Lipinski definition) is 9. The SMILES string of the molecule is CC(C)(C)[Si](OC[C@H](OCc1ccccc1)[C@@H](OCc1ccccc1)[C@H](OCc1ccccc1)[C@H](COCc1ccccc1)OC(=O)c1ccc([N+](=O)[O-])cc1)(c1ccccc1)c1ccccc1. The molecule has 0 N–H and O–H groups in total. The van der Waals surface area contributed by atoms with Gasteiger partial charge in [0.1, 0.15) is 18.3 Å². The molecule has 0 heterocycles. The number of nitrogens with zero attached hydrogens (tertiary/aromatic N) is 1. The standard InChI is InChI=1S/C57H59NO9Si/c1-57(2,3)68(50-30-18-8-19-31-50,51-32-20-9-21-33-51)66-43-52(63-39-45-24-12-5-13-25-45)54(64-40-46-26-14-6-15-27-46)55(65-41-47-28-16-7-17-29-47)53(42-62-38-44-22-10-4-11-23-44)67-56(59)48-34-36-49(37-35-48)58(60)61/h4-37,52-55H,38-43H2,1-3H3/t52-,53-,54+,55+/m0/s1. The Morgan fingerprint density at radius 2 is 0.882 bits per heavy atom. The van der Waals surface area contributed by atoms with Crippen molar-refractivity contribution in [2.45, 2.75) is 76.7 Å². The third kappa shape index (κ3) is 13.3. The predicted molar refractivity (Wildman–Crippen MR) is 267 cm³/mol. The Kier molecular flexibility index (Phi) is 17.7. The Balaban J connectivity index is 1.36. The highest BCUT2D eigenvalue weighted by atomic mass is 28.4. The maximum atomic E-state index is 14.3. The number of nitro benzene ring substituents is 1. The third-order valence-electron chi connectivity index (χ3n) is 11.8. The summed E-state index contributed by atoms with van der Waals surface area (Å²) in [6.45, 7) is 7.38. The monoisotopic (exact) mass is 929 g/mol. The van der Waals surface area contributed by atoms with Crippen molar-refractivity contribution >= 4 is 30.3 Å². The Labute approximate surface area is 400 Å². The fourth-order valence-corrected chi connectivity index (χ4v) is 12.9. The van der Waals surface area contributed by atoms with Gasteiger partial charge in [-0.15, -0.1) is 0 Å². The van der Waals surface area contributed by atoms with Crippen LogP contribution >= 0.6 is 0 Å². The number of esters is 1. The van der Waals surface area contributed by atoms with E-state index in [0.717, 1.165) is 32.6 Å². The Morgan fingerprint density at radius 3 is 1.29 bits per heavy atom. The zero-order chi connectivity index (χ0) is 47.6. The van der Waals surface area contributed by atoms with E-state index in [0.29, 0.717) is 0 Å². The number of carbonyl (C=O) groups excluding carboxylic acids is 1. The number of rotatable bonds is 24. The van der Waals surface area contributed by atoms with E-state index in [4.69, 9.17) is 28.1 Å². The van der Waals surface area contributed by atoms with Gasteiger partial charge in [0.05, 0.1) is 50.1 Å². The van der Waals surface area contributed by atoms with Crippen molar-refractivity contribution in [3.8, 4) is 0 Å². The Hall–Kier alpha value is -6.57. The van der Waals surface area contributed by atoms with Crippen LogP contribution in [0.15, 0.2) is 206 Å². The molecular formula is C57H59NO9Si. The summed E-state index contributed by atoms with van der Waals surface area (Å²) in [6, 6.07) is 65.4. The quantitative estimate of drug-likeness (QED) is 0.0253. The summed E-state index contributed by atoms with van der Waals surface area (Å²) < 4.78 is 41.8. The molecule has 10 nitrogen and oxygen atoms in total. The minimum Gasteiger partial charge on any atom is -0.453 e. The van der Waals surface area contributed by atoms with Crippen molar-refractivity contribution in [2.24, 2.45) is 0 Å². The summed E-state index contributed by atoms with van der Waals surface area (Å²) in [7, 11) is -3.16. The average molecular weight is 930 g/mol. The van der Waals surface area contributed by atoms with Gasteiger partial charge in [0.15, 0.2) is 6.10 Å². The van der Waals surface area contributed by atoms with Crippen LogP contribution in [0.4, 0.5) is 5.69 Å². The van der Waals surface area contributed by atoms with Crippen molar-refractivity contribution in [2.75, 3.05) is 13.2 Å². The summed E-state index contributed by atoms with van der Waals surface area (Å²) in [5.41, 5.74) is 3.64. The second-order valence-electron chi connectivity index (χ2n) is 17.6. The summed E-state index contributed by atoms with van der Waals surface area (Å²) in [5, 5.41) is 13.4. The molecule has 0 aromatic heterocycles. The molecule has 7 aromatic carbocycles. The molecule has 0 spiro atoms. The lowest BCUT2D eigenvalue weighted by atomic mass is 10.0. The number of nitro groups is 1. The summed E-state index contributed by atoms with van der Waals surface area (Å²) >= 11 is 0. The van der Waals surface area contributed by atoms with Crippen LogP contribution < -0.4 is 10.4 Å². The van der Waals surface area contributed by atoms with Gasteiger partial charge >= 0.3 is 5.97 Å². The van der Waals surface area contributed by atoms with Gasteiger partial charge in [0.2, 0.25) is 0 Å². The summed E-state index contributed by atoms with van der Waals surface area (Å²) in [5.74, 6) is -0.714. The van der Waals surface area contributed by atoms with Crippen molar-refractivity contribution in [1.29, 1.82) is 0 Å². The molecule has 11 heteroatoms. The molecule has 0 fully saturated rings. The van der Waals surface area contributed by atoms with E-state index in [1.165, 1.54) is 24.3 Å². The van der Waals surface area contributed by atoms with Crippen molar-refractivity contribution in [3.05, 3.63) is 244 Å². The molecule has 4 atom stereocenters. The largest absolute Gasteiger partial charge is 0.453 e. The highest BCUT2D eigenvalue weighted by molar-refractivity contribution is 6.99. The maximum absolute atomic E-state index is 14.3. The number of non-ortho nitro benzene ring substituents is 1. The predicted octanol–water partition coefficient (Wildman–Crippen LogP) is 10.7. The smallest absolute Gasteiger partial charge is 0.338 e. The molecule has 7 rings (SSSR count). The molecule has 0 amide bonds. The molecule has 0 bridgehead atoms.